The lowest BCUT2D eigenvalue weighted by atomic mass is 10.1. The maximum absolute atomic E-state index is 5.15. The van der Waals surface area contributed by atoms with Gasteiger partial charge in [0.1, 0.15) is 5.75 Å². The highest BCUT2D eigenvalue weighted by atomic mass is 16.5. The molecule has 1 nitrogen and oxygen atoms in total. The van der Waals surface area contributed by atoms with E-state index in [1.807, 2.05) is 31.2 Å². The fourth-order valence-electron chi connectivity index (χ4n) is 1.09. The second-order valence-electron chi connectivity index (χ2n) is 2.39. The third kappa shape index (κ3) is 1.43. The average molecular weight is 148 g/mol. The fraction of sp³-hybridized carbons (Fsp3) is 0.200. The predicted octanol–water partition coefficient (Wildman–Crippen LogP) is 2.65. The third-order valence-electron chi connectivity index (χ3n) is 1.71. The van der Waals surface area contributed by atoms with Crippen LogP contribution in [-0.4, -0.2) is 7.11 Å². The van der Waals surface area contributed by atoms with Crippen LogP contribution >= 0.6 is 0 Å². The van der Waals surface area contributed by atoms with Gasteiger partial charge in [-0.2, -0.15) is 0 Å². The molecule has 1 heteroatoms. The van der Waals surface area contributed by atoms with Crippen molar-refractivity contribution < 1.29 is 4.74 Å². The molecule has 58 valence electrons. The highest BCUT2D eigenvalue weighted by Gasteiger charge is 1.99. The molecule has 0 fully saturated rings. The van der Waals surface area contributed by atoms with E-state index in [-0.39, 0.29) is 0 Å². The van der Waals surface area contributed by atoms with Gasteiger partial charge < -0.3 is 4.74 Å². The minimum atomic E-state index is 0.889. The first kappa shape index (κ1) is 7.86. The van der Waals surface area contributed by atoms with E-state index in [1.54, 1.807) is 7.11 Å². The standard InChI is InChI=1S/C10H12O/c1-4-9-8(2)6-5-7-10(9)11-3/h4-7H,1H2,2-3H3. The van der Waals surface area contributed by atoms with Gasteiger partial charge in [0.25, 0.3) is 0 Å². The molecule has 0 aliphatic carbocycles. The number of hydrogen-bond donors (Lipinski definition) is 0. The highest BCUT2D eigenvalue weighted by molar-refractivity contribution is 5.59. The largest absolute Gasteiger partial charge is 0.496 e. The van der Waals surface area contributed by atoms with E-state index < -0.39 is 0 Å². The Morgan fingerprint density at radius 3 is 2.64 bits per heavy atom. The van der Waals surface area contributed by atoms with Crippen LogP contribution in [0, 0.1) is 6.92 Å². The van der Waals surface area contributed by atoms with Crippen LogP contribution < -0.4 is 4.74 Å². The van der Waals surface area contributed by atoms with Gasteiger partial charge in [0, 0.05) is 5.56 Å². The van der Waals surface area contributed by atoms with Crippen molar-refractivity contribution in [2.24, 2.45) is 0 Å². The van der Waals surface area contributed by atoms with E-state index in [9.17, 15) is 0 Å². The third-order valence-corrected chi connectivity index (χ3v) is 1.71. The minimum absolute atomic E-state index is 0.889. The van der Waals surface area contributed by atoms with Crippen molar-refractivity contribution in [2.45, 2.75) is 6.92 Å². The first-order valence-electron chi connectivity index (χ1n) is 3.55. The summed E-state index contributed by atoms with van der Waals surface area (Å²) in [6.07, 6.45) is 1.81. The number of ether oxygens (including phenoxy) is 1. The van der Waals surface area contributed by atoms with Crippen molar-refractivity contribution in [1.82, 2.24) is 0 Å². The SMILES string of the molecule is C=Cc1c(C)cccc1OC. The van der Waals surface area contributed by atoms with Crippen molar-refractivity contribution in [2.75, 3.05) is 7.11 Å². The molecule has 0 aliphatic heterocycles. The Kier molecular flexibility index (Phi) is 2.32. The van der Waals surface area contributed by atoms with Crippen molar-refractivity contribution in [3.63, 3.8) is 0 Å². The molecule has 0 atom stereocenters. The van der Waals surface area contributed by atoms with Crippen molar-refractivity contribution in [1.29, 1.82) is 0 Å². The summed E-state index contributed by atoms with van der Waals surface area (Å²) in [5.41, 5.74) is 2.27. The van der Waals surface area contributed by atoms with Gasteiger partial charge in [-0.05, 0) is 18.6 Å². The quantitative estimate of drug-likeness (QED) is 0.626. The smallest absolute Gasteiger partial charge is 0.126 e. The van der Waals surface area contributed by atoms with E-state index in [0.29, 0.717) is 0 Å². The molecule has 0 spiro atoms. The number of methoxy groups -OCH3 is 1. The normalized spacial score (nSPS) is 9.27. The Morgan fingerprint density at radius 1 is 1.45 bits per heavy atom. The lowest BCUT2D eigenvalue weighted by molar-refractivity contribution is 0.413. The summed E-state index contributed by atoms with van der Waals surface area (Å²) < 4.78 is 5.15. The summed E-state index contributed by atoms with van der Waals surface area (Å²) in [6, 6.07) is 5.95. The van der Waals surface area contributed by atoms with E-state index >= 15 is 0 Å². The number of hydrogen-bond acceptors (Lipinski definition) is 1. The van der Waals surface area contributed by atoms with Gasteiger partial charge in [-0.25, -0.2) is 0 Å². The van der Waals surface area contributed by atoms with Gasteiger partial charge in [0.05, 0.1) is 7.11 Å². The molecule has 0 saturated heterocycles. The molecular weight excluding hydrogens is 136 g/mol. The Bertz CT molecular complexity index is 264. The summed E-state index contributed by atoms with van der Waals surface area (Å²) in [5, 5.41) is 0. The molecule has 0 radical (unpaired) electrons. The Balaban J connectivity index is 3.24. The lowest BCUT2D eigenvalue weighted by Crippen LogP contribution is -1.88. The van der Waals surface area contributed by atoms with E-state index in [4.69, 9.17) is 4.74 Å². The summed E-state index contributed by atoms with van der Waals surface area (Å²) in [7, 11) is 1.67. The van der Waals surface area contributed by atoms with Crippen LogP contribution in [0.5, 0.6) is 5.75 Å². The fourth-order valence-corrected chi connectivity index (χ4v) is 1.09. The molecule has 0 bridgehead atoms. The number of benzene rings is 1. The minimum Gasteiger partial charge on any atom is -0.496 e. The Morgan fingerprint density at radius 2 is 2.18 bits per heavy atom. The van der Waals surface area contributed by atoms with Gasteiger partial charge in [0.15, 0.2) is 0 Å². The van der Waals surface area contributed by atoms with Gasteiger partial charge in [-0.15, -0.1) is 0 Å². The zero-order valence-electron chi connectivity index (χ0n) is 6.92. The summed E-state index contributed by atoms with van der Waals surface area (Å²) in [6.45, 7) is 5.76. The van der Waals surface area contributed by atoms with E-state index in [2.05, 4.69) is 6.58 Å². The van der Waals surface area contributed by atoms with Gasteiger partial charge in [-0.3, -0.25) is 0 Å². The molecule has 1 aromatic rings. The Labute approximate surface area is 67.3 Å². The summed E-state index contributed by atoms with van der Waals surface area (Å²) in [5.74, 6) is 0.889. The first-order valence-corrected chi connectivity index (χ1v) is 3.55. The zero-order chi connectivity index (χ0) is 8.27. The second-order valence-corrected chi connectivity index (χ2v) is 2.39. The molecule has 0 saturated carbocycles. The maximum atomic E-state index is 5.15. The predicted molar refractivity (Wildman–Crippen MR) is 47.8 cm³/mol. The Hall–Kier alpha value is -1.24. The summed E-state index contributed by atoms with van der Waals surface area (Å²) >= 11 is 0. The van der Waals surface area contributed by atoms with Crippen molar-refractivity contribution >= 4 is 6.08 Å². The van der Waals surface area contributed by atoms with E-state index in [0.717, 1.165) is 11.3 Å². The molecule has 1 rings (SSSR count). The molecular formula is C10H12O. The molecule has 0 aromatic heterocycles. The van der Waals surface area contributed by atoms with Crippen LogP contribution in [0.1, 0.15) is 11.1 Å². The van der Waals surface area contributed by atoms with Crippen LogP contribution in [0.25, 0.3) is 6.08 Å². The molecule has 0 heterocycles. The first-order chi connectivity index (χ1) is 5.29. The van der Waals surface area contributed by atoms with Crippen LogP contribution in [0.15, 0.2) is 24.8 Å². The molecule has 1 aromatic carbocycles. The van der Waals surface area contributed by atoms with Crippen LogP contribution in [0.2, 0.25) is 0 Å². The van der Waals surface area contributed by atoms with Gasteiger partial charge >= 0.3 is 0 Å². The molecule has 0 aliphatic rings. The topological polar surface area (TPSA) is 9.23 Å². The zero-order valence-corrected chi connectivity index (χ0v) is 6.92. The molecule has 0 amide bonds. The molecule has 0 N–H and O–H groups in total. The lowest BCUT2D eigenvalue weighted by Gasteiger charge is -2.06. The van der Waals surface area contributed by atoms with Gasteiger partial charge in [-0.1, -0.05) is 24.8 Å². The number of aryl methyl sites for hydroxylation is 1. The second kappa shape index (κ2) is 3.24. The highest BCUT2D eigenvalue weighted by Crippen LogP contribution is 2.21. The summed E-state index contributed by atoms with van der Waals surface area (Å²) in [4.78, 5) is 0. The average Bonchev–Trinajstić information content (AvgIpc) is 2.04. The van der Waals surface area contributed by atoms with E-state index in [1.165, 1.54) is 5.56 Å². The van der Waals surface area contributed by atoms with Crippen molar-refractivity contribution in [3.8, 4) is 5.75 Å². The van der Waals surface area contributed by atoms with Crippen LogP contribution in [0.3, 0.4) is 0 Å². The van der Waals surface area contributed by atoms with Crippen LogP contribution in [0.4, 0.5) is 0 Å². The monoisotopic (exact) mass is 148 g/mol. The molecule has 0 unspecified atom stereocenters. The number of rotatable bonds is 2. The van der Waals surface area contributed by atoms with Gasteiger partial charge in [0.2, 0.25) is 0 Å². The van der Waals surface area contributed by atoms with Crippen molar-refractivity contribution in [3.05, 3.63) is 35.9 Å². The van der Waals surface area contributed by atoms with Crippen LogP contribution in [-0.2, 0) is 0 Å². The maximum Gasteiger partial charge on any atom is 0.126 e. The molecule has 11 heavy (non-hydrogen) atoms.